The van der Waals surface area contributed by atoms with Gasteiger partial charge in [-0.05, 0) is 0 Å². The highest BCUT2D eigenvalue weighted by atomic mass is 35.5. The van der Waals surface area contributed by atoms with E-state index in [2.05, 4.69) is 9.97 Å². The van der Waals surface area contributed by atoms with Gasteiger partial charge < -0.3 is 4.90 Å². The fourth-order valence-electron chi connectivity index (χ4n) is 1.66. The van der Waals surface area contributed by atoms with Crippen molar-refractivity contribution in [2.75, 3.05) is 31.1 Å². The summed E-state index contributed by atoms with van der Waals surface area (Å²) in [5.41, 5.74) is 0. The summed E-state index contributed by atoms with van der Waals surface area (Å²) in [5, 5.41) is 5.37. The Morgan fingerprint density at radius 2 is 1.88 bits per heavy atom. The van der Waals surface area contributed by atoms with E-state index in [1.54, 1.807) is 6.20 Å². The molecular formula is C8H12ClN5O2S. The SMILES string of the molecule is NS(=O)(=O)N1CCN(c2cncc(Cl)n2)CC1. The smallest absolute Gasteiger partial charge is 0.277 e. The zero-order chi connectivity index (χ0) is 12.5. The molecule has 17 heavy (non-hydrogen) atoms. The Bertz CT molecular complexity index is 500. The third kappa shape index (κ3) is 3.03. The second-order valence-electron chi connectivity index (χ2n) is 3.63. The maximum atomic E-state index is 11.1. The van der Waals surface area contributed by atoms with Crippen molar-refractivity contribution in [1.29, 1.82) is 0 Å². The minimum atomic E-state index is -3.60. The van der Waals surface area contributed by atoms with Crippen molar-refractivity contribution < 1.29 is 8.42 Å². The third-order valence-corrected chi connectivity index (χ3v) is 3.78. The lowest BCUT2D eigenvalue weighted by Gasteiger charge is -2.33. The zero-order valence-corrected chi connectivity index (χ0v) is 10.5. The molecule has 0 atom stereocenters. The third-order valence-electron chi connectivity index (χ3n) is 2.51. The number of hydrogen-bond acceptors (Lipinski definition) is 5. The van der Waals surface area contributed by atoms with Gasteiger partial charge in [-0.25, -0.2) is 10.1 Å². The van der Waals surface area contributed by atoms with Crippen LogP contribution in [0.5, 0.6) is 0 Å². The van der Waals surface area contributed by atoms with Crippen LogP contribution in [0.15, 0.2) is 12.4 Å². The van der Waals surface area contributed by atoms with Gasteiger partial charge in [0.15, 0.2) is 0 Å². The van der Waals surface area contributed by atoms with Gasteiger partial charge in [0.2, 0.25) is 0 Å². The Morgan fingerprint density at radius 1 is 1.24 bits per heavy atom. The van der Waals surface area contributed by atoms with Crippen LogP contribution in [0.2, 0.25) is 5.15 Å². The second kappa shape index (κ2) is 4.73. The molecule has 2 rings (SSSR count). The van der Waals surface area contributed by atoms with Crippen LogP contribution in [0.1, 0.15) is 0 Å². The fraction of sp³-hybridized carbons (Fsp3) is 0.500. The number of rotatable bonds is 2. The number of aromatic nitrogens is 2. The summed E-state index contributed by atoms with van der Waals surface area (Å²) >= 11 is 5.74. The average Bonchev–Trinajstić information content (AvgIpc) is 2.28. The molecule has 0 saturated carbocycles. The summed E-state index contributed by atoms with van der Waals surface area (Å²) < 4.78 is 23.5. The minimum absolute atomic E-state index is 0.316. The van der Waals surface area contributed by atoms with E-state index in [9.17, 15) is 8.42 Å². The Balaban J connectivity index is 2.05. The standard InChI is InChI=1S/C8H12ClN5O2S/c9-7-5-11-6-8(12-7)13-1-3-14(4-2-13)17(10,15)16/h5-6H,1-4H2,(H2,10,15,16). The molecule has 0 spiro atoms. The molecule has 1 fully saturated rings. The lowest BCUT2D eigenvalue weighted by molar-refractivity contribution is 0.384. The predicted octanol–water partition coefficient (Wildman–Crippen LogP) is -0.544. The van der Waals surface area contributed by atoms with Crippen molar-refractivity contribution in [2.24, 2.45) is 5.14 Å². The normalized spacial score (nSPS) is 18.4. The van der Waals surface area contributed by atoms with E-state index in [0.717, 1.165) is 0 Å². The molecule has 0 radical (unpaired) electrons. The van der Waals surface area contributed by atoms with Gasteiger partial charge in [-0.1, -0.05) is 11.6 Å². The van der Waals surface area contributed by atoms with Crippen LogP contribution in [0, 0.1) is 0 Å². The van der Waals surface area contributed by atoms with Crippen molar-refractivity contribution in [3.63, 3.8) is 0 Å². The molecular weight excluding hydrogens is 266 g/mol. The van der Waals surface area contributed by atoms with Gasteiger partial charge in [-0.15, -0.1) is 0 Å². The number of nitrogens with two attached hydrogens (primary N) is 1. The van der Waals surface area contributed by atoms with Crippen molar-refractivity contribution in [2.45, 2.75) is 0 Å². The lowest BCUT2D eigenvalue weighted by Crippen LogP contribution is -2.50. The van der Waals surface area contributed by atoms with Crippen LogP contribution in [0.25, 0.3) is 0 Å². The van der Waals surface area contributed by atoms with Crippen LogP contribution in [0.3, 0.4) is 0 Å². The molecule has 1 aliphatic rings. The first-order valence-corrected chi connectivity index (χ1v) is 6.85. The Hall–Kier alpha value is -0.960. The summed E-state index contributed by atoms with van der Waals surface area (Å²) in [4.78, 5) is 9.97. The minimum Gasteiger partial charge on any atom is -0.353 e. The highest BCUT2D eigenvalue weighted by Gasteiger charge is 2.24. The van der Waals surface area contributed by atoms with Crippen LogP contribution in [-0.4, -0.2) is 48.9 Å². The van der Waals surface area contributed by atoms with Crippen molar-refractivity contribution in [3.8, 4) is 0 Å². The van der Waals surface area contributed by atoms with E-state index in [-0.39, 0.29) is 0 Å². The van der Waals surface area contributed by atoms with E-state index in [0.29, 0.717) is 37.1 Å². The van der Waals surface area contributed by atoms with E-state index >= 15 is 0 Å². The molecule has 0 amide bonds. The number of piperazine rings is 1. The quantitative estimate of drug-likeness (QED) is 0.783. The first-order valence-electron chi connectivity index (χ1n) is 4.97. The number of nitrogens with zero attached hydrogens (tertiary/aromatic N) is 4. The molecule has 0 aliphatic carbocycles. The van der Waals surface area contributed by atoms with E-state index in [1.807, 2.05) is 4.90 Å². The molecule has 2 N–H and O–H groups in total. The van der Waals surface area contributed by atoms with Gasteiger partial charge in [-0.3, -0.25) is 4.98 Å². The van der Waals surface area contributed by atoms with Crippen molar-refractivity contribution in [3.05, 3.63) is 17.5 Å². The van der Waals surface area contributed by atoms with Crippen LogP contribution in [0.4, 0.5) is 5.82 Å². The monoisotopic (exact) mass is 277 g/mol. The van der Waals surface area contributed by atoms with Crippen LogP contribution < -0.4 is 10.0 Å². The maximum Gasteiger partial charge on any atom is 0.277 e. The Labute approximate surface area is 104 Å². The molecule has 0 aromatic carbocycles. The summed E-state index contributed by atoms with van der Waals surface area (Å²) in [6.45, 7) is 1.72. The average molecular weight is 278 g/mol. The molecule has 7 nitrogen and oxygen atoms in total. The Kier molecular flexibility index (Phi) is 3.48. The number of hydrogen-bond donors (Lipinski definition) is 1. The van der Waals surface area contributed by atoms with Crippen LogP contribution >= 0.6 is 11.6 Å². The molecule has 0 bridgehead atoms. The van der Waals surface area contributed by atoms with Crippen LogP contribution in [-0.2, 0) is 10.2 Å². The number of anilines is 1. The van der Waals surface area contributed by atoms with Gasteiger partial charge in [0.25, 0.3) is 10.2 Å². The summed E-state index contributed by atoms with van der Waals surface area (Å²) in [7, 11) is -3.60. The van der Waals surface area contributed by atoms with Crippen molar-refractivity contribution in [1.82, 2.24) is 14.3 Å². The largest absolute Gasteiger partial charge is 0.353 e. The molecule has 0 unspecified atom stereocenters. The predicted molar refractivity (Wildman–Crippen MR) is 63.9 cm³/mol. The van der Waals surface area contributed by atoms with E-state index in [1.165, 1.54) is 10.5 Å². The lowest BCUT2D eigenvalue weighted by atomic mass is 10.3. The topological polar surface area (TPSA) is 92.4 Å². The van der Waals surface area contributed by atoms with Gasteiger partial charge in [0.05, 0.1) is 12.4 Å². The highest BCUT2D eigenvalue weighted by Crippen LogP contribution is 2.15. The molecule has 9 heteroatoms. The summed E-state index contributed by atoms with van der Waals surface area (Å²) in [5.74, 6) is 0.645. The summed E-state index contributed by atoms with van der Waals surface area (Å²) in [6.07, 6.45) is 3.05. The Morgan fingerprint density at radius 3 is 2.41 bits per heavy atom. The van der Waals surface area contributed by atoms with E-state index in [4.69, 9.17) is 16.7 Å². The fourth-order valence-corrected chi connectivity index (χ4v) is 2.47. The second-order valence-corrected chi connectivity index (χ2v) is 5.56. The first kappa shape index (κ1) is 12.5. The van der Waals surface area contributed by atoms with Gasteiger partial charge in [-0.2, -0.15) is 12.7 Å². The van der Waals surface area contributed by atoms with Gasteiger partial charge in [0, 0.05) is 26.2 Å². The highest BCUT2D eigenvalue weighted by molar-refractivity contribution is 7.86. The number of halogens is 1. The first-order chi connectivity index (χ1) is 7.97. The zero-order valence-electron chi connectivity index (χ0n) is 8.95. The van der Waals surface area contributed by atoms with Crippen molar-refractivity contribution >= 4 is 27.6 Å². The summed E-state index contributed by atoms with van der Waals surface area (Å²) in [6, 6.07) is 0. The van der Waals surface area contributed by atoms with E-state index < -0.39 is 10.2 Å². The molecule has 1 saturated heterocycles. The molecule has 94 valence electrons. The maximum absolute atomic E-state index is 11.1. The molecule has 1 aliphatic heterocycles. The molecule has 2 heterocycles. The van der Waals surface area contributed by atoms with Gasteiger partial charge >= 0.3 is 0 Å². The van der Waals surface area contributed by atoms with Gasteiger partial charge in [0.1, 0.15) is 11.0 Å². The molecule has 1 aromatic heterocycles. The molecule has 1 aromatic rings.